The summed E-state index contributed by atoms with van der Waals surface area (Å²) in [6.07, 6.45) is 1.28. The number of hydrogen-bond donors (Lipinski definition) is 0. The van der Waals surface area contributed by atoms with Gasteiger partial charge < -0.3 is 14.5 Å². The minimum atomic E-state index is -0.602. The minimum absolute atomic E-state index is 0.108. The van der Waals surface area contributed by atoms with Crippen LogP contribution >= 0.6 is 11.6 Å². The molecule has 0 aliphatic carbocycles. The zero-order chi connectivity index (χ0) is 31.9. The fourth-order valence-electron chi connectivity index (χ4n) is 5.76. The number of pyridine rings is 1. The molecule has 0 unspecified atom stereocenters. The number of fused-ring (bicyclic) bond motifs is 1. The normalized spacial score (nSPS) is 15.1. The van der Waals surface area contributed by atoms with E-state index < -0.39 is 17.5 Å². The van der Waals surface area contributed by atoms with Crippen LogP contribution < -0.4 is 10.6 Å². The van der Waals surface area contributed by atoms with E-state index in [2.05, 4.69) is 11.6 Å². The first-order valence-corrected chi connectivity index (χ1v) is 14.6. The van der Waals surface area contributed by atoms with Gasteiger partial charge in [-0.2, -0.15) is 4.98 Å². The number of rotatable bonds is 6. The quantitative estimate of drug-likeness (QED) is 0.203. The largest absolute Gasteiger partial charge is 0.465 e. The minimum Gasteiger partial charge on any atom is -0.465 e. The highest BCUT2D eigenvalue weighted by Gasteiger charge is 2.30. The molecule has 9 nitrogen and oxygen atoms in total. The SMILES string of the molecule is C=CC(=O)N1CCN(c2nc(=O)n(-c3c(C)cc(C(=O)OC)cc3C(C)C)c3nc(-c4ccccc4F)c(Cl)cc23)[C@@H](C)C1. The van der Waals surface area contributed by atoms with Crippen molar-refractivity contribution < 1.29 is 18.7 Å². The van der Waals surface area contributed by atoms with Gasteiger partial charge in [-0.1, -0.05) is 44.2 Å². The maximum atomic E-state index is 15.0. The summed E-state index contributed by atoms with van der Waals surface area (Å²) in [5, 5.41) is 0.669. The second-order valence-corrected chi connectivity index (χ2v) is 11.5. The number of aromatic nitrogens is 3. The number of hydrogen-bond acceptors (Lipinski definition) is 7. The molecule has 1 fully saturated rings. The van der Waals surface area contributed by atoms with E-state index >= 15 is 4.39 Å². The van der Waals surface area contributed by atoms with Crippen LogP contribution in [0, 0.1) is 12.7 Å². The maximum absolute atomic E-state index is 15.0. The third kappa shape index (κ3) is 5.45. The number of methoxy groups -OCH3 is 1. The fourth-order valence-corrected chi connectivity index (χ4v) is 6.01. The second kappa shape index (κ2) is 12.2. The Hall–Kier alpha value is -4.57. The van der Waals surface area contributed by atoms with Gasteiger partial charge >= 0.3 is 11.7 Å². The van der Waals surface area contributed by atoms with Gasteiger partial charge in [0, 0.05) is 31.2 Å². The number of aryl methyl sites for hydroxylation is 1. The predicted molar refractivity (Wildman–Crippen MR) is 169 cm³/mol. The molecule has 1 aliphatic heterocycles. The fraction of sp³-hybridized carbons (Fsp3) is 0.303. The van der Waals surface area contributed by atoms with Gasteiger partial charge in [0.15, 0.2) is 5.65 Å². The number of anilines is 1. The first kappa shape index (κ1) is 30.9. The molecule has 1 amide bonds. The van der Waals surface area contributed by atoms with Crippen molar-refractivity contribution >= 4 is 40.3 Å². The molecule has 1 saturated heterocycles. The summed E-state index contributed by atoms with van der Waals surface area (Å²) >= 11 is 6.79. The number of piperazine rings is 1. The molecule has 0 spiro atoms. The molecule has 228 valence electrons. The standard InChI is InChI=1S/C33H33ClFN5O4/c1-7-27(41)38-12-13-39(20(5)17-38)30-24-16-25(34)28(22-10-8-9-11-26(22)35)36-31(24)40(33(43)37-30)29-19(4)14-21(32(42)44-6)15-23(29)18(2)3/h7-11,14-16,18,20H,1,12-13,17H2,2-6H3/t20-/m0/s1. The molecule has 0 N–H and O–H groups in total. The lowest BCUT2D eigenvalue weighted by Crippen LogP contribution is -2.54. The Morgan fingerprint density at radius 3 is 2.52 bits per heavy atom. The van der Waals surface area contributed by atoms with Crippen LogP contribution in [-0.2, 0) is 9.53 Å². The van der Waals surface area contributed by atoms with Crippen molar-refractivity contribution in [1.82, 2.24) is 19.4 Å². The number of halogens is 2. The molecule has 5 rings (SSSR count). The highest BCUT2D eigenvalue weighted by Crippen LogP contribution is 2.37. The van der Waals surface area contributed by atoms with Crippen LogP contribution in [0.4, 0.5) is 10.2 Å². The number of ether oxygens (including phenoxy) is 1. The monoisotopic (exact) mass is 617 g/mol. The summed E-state index contributed by atoms with van der Waals surface area (Å²) in [7, 11) is 1.31. The highest BCUT2D eigenvalue weighted by atomic mass is 35.5. The predicted octanol–water partition coefficient (Wildman–Crippen LogP) is 5.68. The van der Waals surface area contributed by atoms with Crippen molar-refractivity contribution in [2.45, 2.75) is 39.7 Å². The third-order valence-electron chi connectivity index (χ3n) is 7.91. The van der Waals surface area contributed by atoms with Crippen LogP contribution in [0.25, 0.3) is 28.0 Å². The summed E-state index contributed by atoms with van der Waals surface area (Å²) < 4.78 is 21.4. The van der Waals surface area contributed by atoms with Crippen LogP contribution in [-0.4, -0.2) is 64.1 Å². The summed E-state index contributed by atoms with van der Waals surface area (Å²) in [5.74, 6) is -0.923. The lowest BCUT2D eigenvalue weighted by molar-refractivity contribution is -0.126. The van der Waals surface area contributed by atoms with Gasteiger partial charge in [0.25, 0.3) is 0 Å². The first-order valence-electron chi connectivity index (χ1n) is 14.3. The molecular formula is C33H33ClFN5O4. The number of amides is 1. The van der Waals surface area contributed by atoms with Crippen molar-refractivity contribution in [3.8, 4) is 16.9 Å². The van der Waals surface area contributed by atoms with Gasteiger partial charge in [0.1, 0.15) is 11.6 Å². The van der Waals surface area contributed by atoms with Gasteiger partial charge in [0.05, 0.1) is 34.5 Å². The van der Waals surface area contributed by atoms with Gasteiger partial charge in [-0.25, -0.2) is 23.5 Å². The van der Waals surface area contributed by atoms with E-state index in [1.165, 1.54) is 23.8 Å². The maximum Gasteiger partial charge on any atom is 0.355 e. The number of benzene rings is 2. The van der Waals surface area contributed by atoms with Gasteiger partial charge in [0.2, 0.25) is 5.91 Å². The van der Waals surface area contributed by atoms with E-state index in [-0.39, 0.29) is 39.8 Å². The molecule has 1 atom stereocenters. The molecule has 0 radical (unpaired) electrons. The molecule has 3 heterocycles. The number of nitrogens with zero attached hydrogens (tertiary/aromatic N) is 5. The summed E-state index contributed by atoms with van der Waals surface area (Å²) in [6, 6.07) is 11.0. The highest BCUT2D eigenvalue weighted by molar-refractivity contribution is 6.33. The van der Waals surface area contributed by atoms with E-state index in [9.17, 15) is 14.4 Å². The van der Waals surface area contributed by atoms with Crippen LogP contribution in [0.2, 0.25) is 5.02 Å². The number of carbonyl (C=O) groups is 2. The van der Waals surface area contributed by atoms with Crippen LogP contribution in [0.5, 0.6) is 0 Å². The molecule has 1 aliphatic rings. The zero-order valence-electron chi connectivity index (χ0n) is 25.2. The number of carbonyl (C=O) groups excluding carboxylic acids is 2. The molecule has 0 bridgehead atoms. The molecule has 0 saturated carbocycles. The smallest absolute Gasteiger partial charge is 0.355 e. The molecular weight excluding hydrogens is 585 g/mol. The Labute approximate surface area is 259 Å². The Morgan fingerprint density at radius 1 is 1.16 bits per heavy atom. The van der Waals surface area contributed by atoms with Crippen molar-refractivity contribution in [3.05, 3.63) is 93.1 Å². The Balaban J connectivity index is 1.83. The zero-order valence-corrected chi connectivity index (χ0v) is 26.0. The second-order valence-electron chi connectivity index (χ2n) is 11.1. The molecule has 44 heavy (non-hydrogen) atoms. The summed E-state index contributed by atoms with van der Waals surface area (Å²) in [5.41, 5.74) is 2.19. The van der Waals surface area contributed by atoms with E-state index in [4.69, 9.17) is 21.3 Å². The van der Waals surface area contributed by atoms with Crippen LogP contribution in [0.15, 0.2) is 59.9 Å². The van der Waals surface area contributed by atoms with Gasteiger partial charge in [-0.15, -0.1) is 0 Å². The van der Waals surface area contributed by atoms with E-state index in [0.29, 0.717) is 53.2 Å². The van der Waals surface area contributed by atoms with E-state index in [1.807, 2.05) is 25.7 Å². The van der Waals surface area contributed by atoms with Crippen molar-refractivity contribution in [1.29, 1.82) is 0 Å². The van der Waals surface area contributed by atoms with Crippen LogP contribution in [0.1, 0.15) is 48.2 Å². The average Bonchev–Trinajstić information content (AvgIpc) is 3.00. The van der Waals surface area contributed by atoms with Gasteiger partial charge in [-0.05, 0) is 67.3 Å². The Kier molecular flexibility index (Phi) is 8.56. The van der Waals surface area contributed by atoms with Crippen LogP contribution in [0.3, 0.4) is 0 Å². The molecule has 4 aromatic rings. The number of esters is 1. The molecule has 2 aromatic carbocycles. The third-order valence-corrected chi connectivity index (χ3v) is 8.20. The summed E-state index contributed by atoms with van der Waals surface area (Å²) in [4.78, 5) is 52.0. The topological polar surface area (TPSA) is 97.6 Å². The lowest BCUT2D eigenvalue weighted by Gasteiger charge is -2.40. The lowest BCUT2D eigenvalue weighted by atomic mass is 9.95. The Morgan fingerprint density at radius 2 is 1.89 bits per heavy atom. The van der Waals surface area contributed by atoms with E-state index in [1.54, 1.807) is 48.2 Å². The first-order chi connectivity index (χ1) is 21.0. The molecule has 11 heteroatoms. The molecule has 2 aromatic heterocycles. The Bertz CT molecular complexity index is 1870. The van der Waals surface area contributed by atoms with Crippen molar-refractivity contribution in [2.75, 3.05) is 31.6 Å². The van der Waals surface area contributed by atoms with Crippen molar-refractivity contribution in [3.63, 3.8) is 0 Å². The van der Waals surface area contributed by atoms with E-state index in [0.717, 1.165) is 0 Å². The average molecular weight is 618 g/mol. The van der Waals surface area contributed by atoms with Gasteiger partial charge in [-0.3, -0.25) is 4.79 Å². The summed E-state index contributed by atoms with van der Waals surface area (Å²) in [6.45, 7) is 12.4. The van der Waals surface area contributed by atoms with Crippen molar-refractivity contribution in [2.24, 2.45) is 0 Å².